The summed E-state index contributed by atoms with van der Waals surface area (Å²) < 4.78 is 0. The third kappa shape index (κ3) is 2.88. The average Bonchev–Trinajstić information content (AvgIpc) is 2.68. The molecule has 1 aliphatic heterocycles. The summed E-state index contributed by atoms with van der Waals surface area (Å²) >= 11 is 11.7. The van der Waals surface area contributed by atoms with Crippen LogP contribution in [0.1, 0.15) is 16.8 Å². The van der Waals surface area contributed by atoms with Gasteiger partial charge in [-0.05, 0) is 31.2 Å². The molecular formula is C11H12Cl2N2O. The number of rotatable bonds is 2. The molecule has 0 bridgehead atoms. The maximum Gasteiger partial charge on any atom is 0.251 e. The van der Waals surface area contributed by atoms with Gasteiger partial charge in [0.25, 0.3) is 5.91 Å². The van der Waals surface area contributed by atoms with Gasteiger partial charge in [0.1, 0.15) is 0 Å². The molecule has 0 aromatic heterocycles. The molecule has 5 heteroatoms. The molecule has 1 saturated heterocycles. The molecule has 1 aliphatic rings. The number of hydrogen-bond acceptors (Lipinski definition) is 2. The van der Waals surface area contributed by atoms with E-state index in [0.717, 1.165) is 19.5 Å². The highest BCUT2D eigenvalue weighted by Gasteiger charge is 2.17. The monoisotopic (exact) mass is 258 g/mol. The first-order valence-corrected chi connectivity index (χ1v) is 5.88. The van der Waals surface area contributed by atoms with E-state index in [-0.39, 0.29) is 11.9 Å². The summed E-state index contributed by atoms with van der Waals surface area (Å²) in [5, 5.41) is 7.06. The molecule has 1 aromatic carbocycles. The summed E-state index contributed by atoms with van der Waals surface area (Å²) in [7, 11) is 0. The fourth-order valence-corrected chi connectivity index (χ4v) is 2.26. The number of hydrogen-bond donors (Lipinski definition) is 2. The molecule has 0 spiro atoms. The van der Waals surface area contributed by atoms with E-state index < -0.39 is 0 Å². The quantitative estimate of drug-likeness (QED) is 0.853. The van der Waals surface area contributed by atoms with Crippen LogP contribution in [0.25, 0.3) is 0 Å². The van der Waals surface area contributed by atoms with E-state index in [1.165, 1.54) is 0 Å². The van der Waals surface area contributed by atoms with E-state index in [0.29, 0.717) is 15.6 Å². The molecule has 3 nitrogen and oxygen atoms in total. The molecule has 1 amide bonds. The molecule has 0 saturated carbocycles. The minimum atomic E-state index is -0.127. The predicted molar refractivity (Wildman–Crippen MR) is 65.2 cm³/mol. The second kappa shape index (κ2) is 5.04. The minimum absolute atomic E-state index is 0.127. The zero-order valence-corrected chi connectivity index (χ0v) is 10.1. The maximum absolute atomic E-state index is 11.8. The van der Waals surface area contributed by atoms with Gasteiger partial charge in [0, 0.05) is 28.2 Å². The Morgan fingerprint density at radius 3 is 2.56 bits per heavy atom. The molecule has 1 fully saturated rings. The molecule has 1 aromatic rings. The number of halogens is 2. The van der Waals surface area contributed by atoms with E-state index in [4.69, 9.17) is 23.2 Å². The van der Waals surface area contributed by atoms with Gasteiger partial charge < -0.3 is 10.6 Å². The topological polar surface area (TPSA) is 41.1 Å². The van der Waals surface area contributed by atoms with Crippen molar-refractivity contribution in [2.24, 2.45) is 0 Å². The van der Waals surface area contributed by atoms with Crippen LogP contribution in [0.5, 0.6) is 0 Å². The van der Waals surface area contributed by atoms with Crippen molar-refractivity contribution in [3.05, 3.63) is 33.8 Å². The van der Waals surface area contributed by atoms with Gasteiger partial charge in [0.05, 0.1) is 0 Å². The number of benzene rings is 1. The van der Waals surface area contributed by atoms with Crippen molar-refractivity contribution in [1.82, 2.24) is 10.6 Å². The van der Waals surface area contributed by atoms with Gasteiger partial charge in [-0.3, -0.25) is 4.79 Å². The molecule has 0 unspecified atom stereocenters. The van der Waals surface area contributed by atoms with Crippen molar-refractivity contribution in [1.29, 1.82) is 0 Å². The SMILES string of the molecule is O=C(N[C@H]1CCNC1)c1cc(Cl)cc(Cl)c1. The van der Waals surface area contributed by atoms with E-state index in [2.05, 4.69) is 10.6 Å². The van der Waals surface area contributed by atoms with Crippen LogP contribution in [0, 0.1) is 0 Å². The standard InChI is InChI=1S/C11H12Cl2N2O/c12-8-3-7(4-9(13)5-8)11(16)15-10-1-2-14-6-10/h3-5,10,14H,1-2,6H2,(H,15,16)/t10-/m0/s1. The van der Waals surface area contributed by atoms with Crippen molar-refractivity contribution in [3.63, 3.8) is 0 Å². The molecule has 2 N–H and O–H groups in total. The smallest absolute Gasteiger partial charge is 0.251 e. The zero-order valence-electron chi connectivity index (χ0n) is 8.59. The summed E-state index contributed by atoms with van der Waals surface area (Å²) in [6, 6.07) is 5.04. The highest BCUT2D eigenvalue weighted by atomic mass is 35.5. The fraction of sp³-hybridized carbons (Fsp3) is 0.364. The average molecular weight is 259 g/mol. The molecule has 1 heterocycles. The van der Waals surface area contributed by atoms with Gasteiger partial charge in [-0.1, -0.05) is 23.2 Å². The normalized spacial score (nSPS) is 19.8. The third-order valence-electron chi connectivity index (χ3n) is 2.52. The first kappa shape index (κ1) is 11.7. The van der Waals surface area contributed by atoms with Gasteiger partial charge >= 0.3 is 0 Å². The van der Waals surface area contributed by atoms with E-state index >= 15 is 0 Å². The lowest BCUT2D eigenvalue weighted by Gasteiger charge is -2.11. The van der Waals surface area contributed by atoms with Crippen LogP contribution >= 0.6 is 23.2 Å². The molecule has 0 radical (unpaired) electrons. The van der Waals surface area contributed by atoms with Crippen molar-refractivity contribution >= 4 is 29.1 Å². The summed E-state index contributed by atoms with van der Waals surface area (Å²) in [5.41, 5.74) is 0.504. The molecule has 0 aliphatic carbocycles. The van der Waals surface area contributed by atoms with E-state index in [9.17, 15) is 4.79 Å². The number of nitrogens with one attached hydrogen (secondary N) is 2. The van der Waals surface area contributed by atoms with Gasteiger partial charge in [0.2, 0.25) is 0 Å². The van der Waals surface area contributed by atoms with Gasteiger partial charge in [-0.25, -0.2) is 0 Å². The van der Waals surface area contributed by atoms with Crippen LogP contribution in [-0.2, 0) is 0 Å². The lowest BCUT2D eigenvalue weighted by molar-refractivity contribution is 0.0940. The summed E-state index contributed by atoms with van der Waals surface area (Å²) in [6.07, 6.45) is 0.958. The first-order valence-electron chi connectivity index (χ1n) is 5.13. The Morgan fingerprint density at radius 1 is 1.31 bits per heavy atom. The lowest BCUT2D eigenvalue weighted by atomic mass is 10.2. The largest absolute Gasteiger partial charge is 0.348 e. The Labute approximate surface area is 104 Å². The summed E-state index contributed by atoms with van der Waals surface area (Å²) in [6.45, 7) is 1.77. The third-order valence-corrected chi connectivity index (χ3v) is 2.96. The van der Waals surface area contributed by atoms with Gasteiger partial charge in [-0.15, -0.1) is 0 Å². The van der Waals surface area contributed by atoms with Crippen molar-refractivity contribution in [3.8, 4) is 0 Å². The Balaban J connectivity index is 2.07. The van der Waals surface area contributed by atoms with Crippen LogP contribution in [0.4, 0.5) is 0 Å². The Bertz CT molecular complexity index is 383. The molecule has 2 rings (SSSR count). The number of amides is 1. The Hall–Kier alpha value is -0.770. The summed E-state index contributed by atoms with van der Waals surface area (Å²) in [5.74, 6) is -0.127. The first-order chi connectivity index (χ1) is 7.65. The van der Waals surface area contributed by atoms with E-state index in [1.807, 2.05) is 0 Å². The highest BCUT2D eigenvalue weighted by molar-refractivity contribution is 6.35. The van der Waals surface area contributed by atoms with Gasteiger partial charge in [-0.2, -0.15) is 0 Å². The Morgan fingerprint density at radius 2 is 2.00 bits per heavy atom. The molecular weight excluding hydrogens is 247 g/mol. The number of carbonyl (C=O) groups is 1. The van der Waals surface area contributed by atoms with Crippen LogP contribution in [-0.4, -0.2) is 25.0 Å². The van der Waals surface area contributed by atoms with Crippen LogP contribution in [0.15, 0.2) is 18.2 Å². The highest BCUT2D eigenvalue weighted by Crippen LogP contribution is 2.19. The number of carbonyl (C=O) groups excluding carboxylic acids is 1. The zero-order chi connectivity index (χ0) is 11.5. The van der Waals surface area contributed by atoms with Gasteiger partial charge in [0.15, 0.2) is 0 Å². The van der Waals surface area contributed by atoms with Crippen molar-refractivity contribution in [2.45, 2.75) is 12.5 Å². The van der Waals surface area contributed by atoms with Crippen molar-refractivity contribution < 1.29 is 4.79 Å². The van der Waals surface area contributed by atoms with Crippen LogP contribution in [0.3, 0.4) is 0 Å². The fourth-order valence-electron chi connectivity index (χ4n) is 1.73. The minimum Gasteiger partial charge on any atom is -0.348 e. The lowest BCUT2D eigenvalue weighted by Crippen LogP contribution is -2.36. The van der Waals surface area contributed by atoms with Crippen LogP contribution in [0.2, 0.25) is 10.0 Å². The second-order valence-corrected chi connectivity index (χ2v) is 4.69. The molecule has 16 heavy (non-hydrogen) atoms. The maximum atomic E-state index is 11.8. The Kier molecular flexibility index (Phi) is 3.69. The molecule has 1 atom stereocenters. The molecule has 86 valence electrons. The van der Waals surface area contributed by atoms with Crippen molar-refractivity contribution in [2.75, 3.05) is 13.1 Å². The predicted octanol–water partition coefficient (Wildman–Crippen LogP) is 2.09. The van der Waals surface area contributed by atoms with E-state index in [1.54, 1.807) is 18.2 Å². The summed E-state index contributed by atoms with van der Waals surface area (Å²) in [4.78, 5) is 11.8. The van der Waals surface area contributed by atoms with Crippen LogP contribution < -0.4 is 10.6 Å². The second-order valence-electron chi connectivity index (χ2n) is 3.82.